The number of fused-ring (bicyclic) bond motifs is 1. The van der Waals surface area contributed by atoms with Gasteiger partial charge < -0.3 is 9.47 Å². The van der Waals surface area contributed by atoms with Crippen molar-refractivity contribution in [2.45, 2.75) is 98.4 Å². The Morgan fingerprint density at radius 3 is 0.889 bits per heavy atom. The van der Waals surface area contributed by atoms with Crippen LogP contribution in [0.5, 0.6) is 0 Å². The van der Waals surface area contributed by atoms with Gasteiger partial charge in [-0.05, 0) is 91.5 Å². The summed E-state index contributed by atoms with van der Waals surface area (Å²) in [5, 5.41) is 0. The predicted molar refractivity (Wildman–Crippen MR) is 180 cm³/mol. The van der Waals surface area contributed by atoms with E-state index in [0.717, 1.165) is 66.8 Å². The minimum absolute atomic E-state index is 0.743. The van der Waals surface area contributed by atoms with Gasteiger partial charge in [-0.3, -0.25) is 13.6 Å². The standard InChI is InChI=1S/C39H45O5P/c1-23-11-24(2)16-31(15-23)38(32-17-25(3)12-26(4)18-32)35-36(42-37(9,10)41-35)39(44-45(40)43-38,33-19-27(5)13-28(6)20-33)34-21-29(7)14-30(8)22-34/h11-22,35-36,45H,1-10H3/t35-,36-/m1/s1. The molecule has 0 spiro atoms. The van der Waals surface area contributed by atoms with Gasteiger partial charge in [0, 0.05) is 0 Å². The third kappa shape index (κ3) is 5.64. The Balaban J connectivity index is 1.76. The fourth-order valence-corrected chi connectivity index (χ4v) is 9.01. The molecule has 0 aromatic heterocycles. The fourth-order valence-electron chi connectivity index (χ4n) is 7.74. The maximum absolute atomic E-state index is 14.7. The van der Waals surface area contributed by atoms with Crippen LogP contribution in [0, 0.1) is 55.4 Å². The van der Waals surface area contributed by atoms with Crippen molar-refractivity contribution >= 4 is 8.25 Å². The first-order chi connectivity index (χ1) is 21.1. The first kappa shape index (κ1) is 31.9. The Kier molecular flexibility index (Phi) is 8.04. The number of aryl methyl sites for hydroxylation is 8. The molecule has 2 heterocycles. The average molecular weight is 625 g/mol. The molecule has 0 amide bonds. The van der Waals surface area contributed by atoms with Gasteiger partial charge in [-0.1, -0.05) is 117 Å². The molecule has 0 unspecified atom stereocenters. The van der Waals surface area contributed by atoms with Crippen LogP contribution in [0.2, 0.25) is 0 Å². The SMILES string of the molecule is Cc1cc(C)cc(C2(c3cc(C)cc(C)c3)O[PH](=O)OC(c3cc(C)cc(C)c3)(c3cc(C)cc(C)c3)[C@@H]3OC(C)(C)O[C@H]32)c1. The van der Waals surface area contributed by atoms with Crippen LogP contribution in [-0.4, -0.2) is 18.0 Å². The number of hydrogen-bond donors (Lipinski definition) is 0. The minimum Gasteiger partial charge on any atom is -0.341 e. The first-order valence-corrected chi connectivity index (χ1v) is 17.0. The van der Waals surface area contributed by atoms with E-state index in [1.54, 1.807) is 0 Å². The van der Waals surface area contributed by atoms with Crippen LogP contribution in [0.25, 0.3) is 0 Å². The third-order valence-corrected chi connectivity index (χ3v) is 9.97. The molecule has 5 nitrogen and oxygen atoms in total. The Hall–Kier alpha value is -3.05. The lowest BCUT2D eigenvalue weighted by Crippen LogP contribution is -2.53. The Labute approximate surface area is 268 Å². The van der Waals surface area contributed by atoms with Gasteiger partial charge in [0.2, 0.25) is 0 Å². The van der Waals surface area contributed by atoms with Crippen LogP contribution in [-0.2, 0) is 34.3 Å². The van der Waals surface area contributed by atoms with Crippen molar-refractivity contribution in [2.24, 2.45) is 0 Å². The molecule has 236 valence electrons. The zero-order valence-electron chi connectivity index (χ0n) is 28.1. The number of benzene rings is 4. The Bertz CT molecular complexity index is 1510. The van der Waals surface area contributed by atoms with E-state index in [0.29, 0.717) is 0 Å². The van der Waals surface area contributed by atoms with Crippen molar-refractivity contribution in [3.63, 3.8) is 0 Å². The van der Waals surface area contributed by atoms with Crippen LogP contribution in [0.1, 0.15) is 80.6 Å². The highest BCUT2D eigenvalue weighted by atomic mass is 31.1. The molecule has 2 fully saturated rings. The average Bonchev–Trinajstić information content (AvgIpc) is 3.18. The van der Waals surface area contributed by atoms with Gasteiger partial charge in [-0.15, -0.1) is 0 Å². The molecule has 4 aromatic carbocycles. The van der Waals surface area contributed by atoms with E-state index < -0.39 is 37.5 Å². The predicted octanol–water partition coefficient (Wildman–Crippen LogP) is 9.30. The van der Waals surface area contributed by atoms with Gasteiger partial charge in [0.15, 0.2) is 17.0 Å². The molecular weight excluding hydrogens is 579 g/mol. The number of rotatable bonds is 4. The van der Waals surface area contributed by atoms with Crippen molar-refractivity contribution in [2.75, 3.05) is 0 Å². The molecule has 2 aliphatic rings. The molecule has 2 saturated heterocycles. The molecule has 6 rings (SSSR count). The molecule has 0 saturated carbocycles. The molecule has 45 heavy (non-hydrogen) atoms. The zero-order chi connectivity index (χ0) is 32.5. The molecule has 2 atom stereocenters. The van der Waals surface area contributed by atoms with Crippen LogP contribution in [0.15, 0.2) is 72.8 Å². The second-order valence-corrected chi connectivity index (χ2v) is 14.8. The minimum atomic E-state index is -3.22. The summed E-state index contributed by atoms with van der Waals surface area (Å²) in [5.41, 5.74) is 9.44. The molecule has 0 bridgehead atoms. The van der Waals surface area contributed by atoms with E-state index in [1.807, 2.05) is 13.8 Å². The van der Waals surface area contributed by atoms with Crippen molar-refractivity contribution < 1.29 is 23.1 Å². The molecule has 0 aliphatic carbocycles. The van der Waals surface area contributed by atoms with Gasteiger partial charge in [-0.2, -0.15) is 0 Å². The highest BCUT2D eigenvalue weighted by molar-refractivity contribution is 7.33. The quantitative estimate of drug-likeness (QED) is 0.212. The van der Waals surface area contributed by atoms with Crippen molar-refractivity contribution in [1.29, 1.82) is 0 Å². The Morgan fingerprint density at radius 2 is 0.667 bits per heavy atom. The van der Waals surface area contributed by atoms with E-state index in [2.05, 4.69) is 128 Å². The van der Waals surface area contributed by atoms with Gasteiger partial charge >= 0.3 is 8.25 Å². The molecule has 4 aromatic rings. The fraction of sp³-hybridized carbons (Fsp3) is 0.385. The van der Waals surface area contributed by atoms with Crippen LogP contribution < -0.4 is 0 Å². The number of ether oxygens (including phenoxy) is 2. The summed E-state index contributed by atoms with van der Waals surface area (Å²) in [6.45, 7) is 20.5. The summed E-state index contributed by atoms with van der Waals surface area (Å²) < 4.78 is 42.7. The molecule has 6 heteroatoms. The summed E-state index contributed by atoms with van der Waals surface area (Å²) in [5.74, 6) is -0.999. The molecule has 0 N–H and O–H groups in total. The summed E-state index contributed by atoms with van der Waals surface area (Å²) in [4.78, 5) is 0. The maximum Gasteiger partial charge on any atom is 0.321 e. The maximum atomic E-state index is 14.7. The smallest absolute Gasteiger partial charge is 0.321 e. The van der Waals surface area contributed by atoms with Gasteiger partial charge in [0.25, 0.3) is 0 Å². The van der Waals surface area contributed by atoms with Crippen LogP contribution in [0.4, 0.5) is 0 Å². The van der Waals surface area contributed by atoms with Crippen LogP contribution in [0.3, 0.4) is 0 Å². The first-order valence-electron chi connectivity index (χ1n) is 15.7. The van der Waals surface area contributed by atoms with E-state index in [-0.39, 0.29) is 0 Å². The Morgan fingerprint density at radius 1 is 0.444 bits per heavy atom. The van der Waals surface area contributed by atoms with Crippen molar-refractivity contribution in [1.82, 2.24) is 0 Å². The lowest BCUT2D eigenvalue weighted by atomic mass is 9.70. The molecule has 2 aliphatic heterocycles. The van der Waals surface area contributed by atoms with E-state index >= 15 is 0 Å². The molecule has 0 radical (unpaired) electrons. The monoisotopic (exact) mass is 624 g/mol. The van der Waals surface area contributed by atoms with E-state index in [4.69, 9.17) is 18.5 Å². The summed E-state index contributed by atoms with van der Waals surface area (Å²) in [6, 6.07) is 25.5. The highest BCUT2D eigenvalue weighted by Crippen LogP contribution is 2.61. The van der Waals surface area contributed by atoms with Gasteiger partial charge in [0.1, 0.15) is 12.2 Å². The van der Waals surface area contributed by atoms with Gasteiger partial charge in [-0.25, -0.2) is 0 Å². The van der Waals surface area contributed by atoms with E-state index in [1.165, 1.54) is 0 Å². The summed E-state index contributed by atoms with van der Waals surface area (Å²) >= 11 is 0. The topological polar surface area (TPSA) is 54.0 Å². The second kappa shape index (κ2) is 11.3. The van der Waals surface area contributed by atoms with E-state index in [9.17, 15) is 4.57 Å². The largest absolute Gasteiger partial charge is 0.341 e. The third-order valence-electron chi connectivity index (χ3n) is 8.99. The number of hydrogen-bond acceptors (Lipinski definition) is 5. The van der Waals surface area contributed by atoms with Crippen molar-refractivity contribution in [3.05, 3.63) is 140 Å². The lowest BCUT2D eigenvalue weighted by Gasteiger charge is -2.42. The summed E-state index contributed by atoms with van der Waals surface area (Å²) in [7, 11) is -3.22. The zero-order valence-corrected chi connectivity index (χ0v) is 29.1. The van der Waals surface area contributed by atoms with Crippen LogP contribution >= 0.6 is 8.25 Å². The van der Waals surface area contributed by atoms with Gasteiger partial charge in [0.05, 0.1) is 0 Å². The second-order valence-electron chi connectivity index (χ2n) is 13.9. The normalized spacial score (nSPS) is 22.2. The van der Waals surface area contributed by atoms with Crippen molar-refractivity contribution in [3.8, 4) is 0 Å². The highest BCUT2D eigenvalue weighted by Gasteiger charge is 2.66. The summed E-state index contributed by atoms with van der Waals surface area (Å²) in [6.07, 6.45) is -1.49. The molecular formula is C39H45O5P. The lowest BCUT2D eigenvalue weighted by molar-refractivity contribution is -0.174.